The van der Waals surface area contributed by atoms with Gasteiger partial charge in [-0.15, -0.1) is 0 Å². The molecule has 0 saturated carbocycles. The zero-order valence-electron chi connectivity index (χ0n) is 16.5. The lowest BCUT2D eigenvalue weighted by atomic mass is 9.88. The fourth-order valence-corrected chi connectivity index (χ4v) is 3.39. The van der Waals surface area contributed by atoms with Crippen LogP contribution in [0.15, 0.2) is 72.3 Å². The van der Waals surface area contributed by atoms with Gasteiger partial charge in [0.2, 0.25) is 0 Å². The second kappa shape index (κ2) is 10.1. The van der Waals surface area contributed by atoms with Crippen molar-refractivity contribution in [3.63, 3.8) is 0 Å². The summed E-state index contributed by atoms with van der Waals surface area (Å²) in [5.74, 6) is 1.44. The Morgan fingerprint density at radius 2 is 1.67 bits per heavy atom. The monoisotopic (exact) mass is 362 g/mol. The van der Waals surface area contributed by atoms with Crippen LogP contribution in [0.25, 0.3) is 0 Å². The van der Waals surface area contributed by atoms with Crippen LogP contribution in [-0.4, -0.2) is 13.7 Å². The van der Waals surface area contributed by atoms with Crippen molar-refractivity contribution < 1.29 is 9.47 Å². The first-order valence-electron chi connectivity index (χ1n) is 9.95. The Bertz CT molecular complexity index is 754. The van der Waals surface area contributed by atoms with E-state index < -0.39 is 0 Å². The Labute approximate surface area is 163 Å². The molecule has 27 heavy (non-hydrogen) atoms. The predicted octanol–water partition coefficient (Wildman–Crippen LogP) is 6.22. The van der Waals surface area contributed by atoms with Crippen molar-refractivity contribution in [3.8, 4) is 5.75 Å². The summed E-state index contributed by atoms with van der Waals surface area (Å²) in [5.41, 5.74) is 5.41. The van der Waals surface area contributed by atoms with Gasteiger partial charge in [-0.05, 0) is 54.5 Å². The standard InChI is InChI=1S/C25H30O2/c1-3-18-27-25-16-14-24(15-17-25)23-12-10-21(11-13-23)5-4-20-6-8-22(9-7-20)19-26-2/h6-12,14-17,23H,3-5,13,18-19H2,1-2H3. The number of aryl methyl sites for hydroxylation is 1. The molecule has 0 spiro atoms. The van der Waals surface area contributed by atoms with E-state index in [0.717, 1.165) is 38.0 Å². The summed E-state index contributed by atoms with van der Waals surface area (Å²) in [5, 5.41) is 0. The van der Waals surface area contributed by atoms with Gasteiger partial charge >= 0.3 is 0 Å². The van der Waals surface area contributed by atoms with Crippen LogP contribution < -0.4 is 4.74 Å². The van der Waals surface area contributed by atoms with E-state index in [2.05, 4.69) is 73.7 Å². The fraction of sp³-hybridized carbons (Fsp3) is 0.360. The predicted molar refractivity (Wildman–Crippen MR) is 112 cm³/mol. The summed E-state index contributed by atoms with van der Waals surface area (Å²) in [7, 11) is 1.73. The molecule has 0 bridgehead atoms. The van der Waals surface area contributed by atoms with Crippen LogP contribution in [0.5, 0.6) is 5.75 Å². The van der Waals surface area contributed by atoms with E-state index >= 15 is 0 Å². The Kier molecular flexibility index (Phi) is 7.29. The first-order valence-corrected chi connectivity index (χ1v) is 9.95. The summed E-state index contributed by atoms with van der Waals surface area (Å²) in [6.45, 7) is 3.59. The molecule has 1 atom stereocenters. The van der Waals surface area contributed by atoms with Crippen LogP contribution >= 0.6 is 0 Å². The zero-order chi connectivity index (χ0) is 18.9. The third-order valence-electron chi connectivity index (χ3n) is 4.99. The van der Waals surface area contributed by atoms with Gasteiger partial charge in [0.25, 0.3) is 0 Å². The minimum absolute atomic E-state index is 0.474. The van der Waals surface area contributed by atoms with Gasteiger partial charge in [-0.25, -0.2) is 0 Å². The normalized spacial score (nSPS) is 16.2. The third-order valence-corrected chi connectivity index (χ3v) is 4.99. The summed E-state index contributed by atoms with van der Waals surface area (Å²) in [6, 6.07) is 17.3. The maximum absolute atomic E-state index is 5.67. The van der Waals surface area contributed by atoms with Gasteiger partial charge in [-0.2, -0.15) is 0 Å². The van der Waals surface area contributed by atoms with Gasteiger partial charge in [0.05, 0.1) is 13.2 Å². The fourth-order valence-electron chi connectivity index (χ4n) is 3.39. The molecular formula is C25H30O2. The van der Waals surface area contributed by atoms with Crippen molar-refractivity contribution >= 4 is 0 Å². The molecule has 2 heteroatoms. The van der Waals surface area contributed by atoms with Crippen LogP contribution in [0.1, 0.15) is 48.8 Å². The summed E-state index contributed by atoms with van der Waals surface area (Å²) < 4.78 is 10.8. The molecule has 142 valence electrons. The first-order chi connectivity index (χ1) is 13.3. The van der Waals surface area contributed by atoms with Gasteiger partial charge < -0.3 is 9.47 Å². The summed E-state index contributed by atoms with van der Waals surface area (Å²) in [6.07, 6.45) is 11.3. The van der Waals surface area contributed by atoms with Crippen LogP contribution in [-0.2, 0) is 17.8 Å². The second-order valence-corrected chi connectivity index (χ2v) is 7.15. The van der Waals surface area contributed by atoms with Crippen molar-refractivity contribution in [1.29, 1.82) is 0 Å². The minimum atomic E-state index is 0.474. The average Bonchev–Trinajstić information content (AvgIpc) is 2.73. The van der Waals surface area contributed by atoms with Crippen LogP contribution in [0.2, 0.25) is 0 Å². The topological polar surface area (TPSA) is 18.5 Å². The summed E-state index contributed by atoms with van der Waals surface area (Å²) >= 11 is 0. The molecule has 0 amide bonds. The first kappa shape index (κ1) is 19.4. The highest BCUT2D eigenvalue weighted by Crippen LogP contribution is 2.29. The molecule has 2 aromatic carbocycles. The molecule has 2 nitrogen and oxygen atoms in total. The van der Waals surface area contributed by atoms with Crippen molar-refractivity contribution in [1.82, 2.24) is 0 Å². The van der Waals surface area contributed by atoms with Crippen molar-refractivity contribution in [2.24, 2.45) is 0 Å². The Balaban J connectivity index is 1.49. The van der Waals surface area contributed by atoms with Crippen molar-refractivity contribution in [2.45, 2.75) is 45.1 Å². The minimum Gasteiger partial charge on any atom is -0.494 e. The molecular weight excluding hydrogens is 332 g/mol. The van der Waals surface area contributed by atoms with E-state index in [1.807, 2.05) is 0 Å². The molecule has 0 N–H and O–H groups in total. The van der Waals surface area contributed by atoms with Crippen molar-refractivity contribution in [3.05, 3.63) is 89.0 Å². The number of allylic oxidation sites excluding steroid dienone is 4. The Hall–Kier alpha value is -2.32. The second-order valence-electron chi connectivity index (χ2n) is 7.15. The van der Waals surface area contributed by atoms with Gasteiger partial charge in [-0.3, -0.25) is 0 Å². The smallest absolute Gasteiger partial charge is 0.119 e. The Morgan fingerprint density at radius 1 is 0.926 bits per heavy atom. The molecule has 0 saturated heterocycles. The van der Waals surface area contributed by atoms with Gasteiger partial charge in [0.15, 0.2) is 0 Å². The summed E-state index contributed by atoms with van der Waals surface area (Å²) in [4.78, 5) is 0. The molecule has 0 heterocycles. The van der Waals surface area contributed by atoms with Gasteiger partial charge in [0, 0.05) is 13.0 Å². The van der Waals surface area contributed by atoms with E-state index in [0.29, 0.717) is 12.5 Å². The third kappa shape index (κ3) is 5.83. The number of hydrogen-bond donors (Lipinski definition) is 0. The quantitative estimate of drug-likeness (QED) is 0.527. The molecule has 0 fully saturated rings. The van der Waals surface area contributed by atoms with Crippen LogP contribution in [0, 0.1) is 0 Å². The number of rotatable bonds is 9. The maximum atomic E-state index is 5.67. The average molecular weight is 363 g/mol. The zero-order valence-corrected chi connectivity index (χ0v) is 16.5. The largest absolute Gasteiger partial charge is 0.494 e. The Morgan fingerprint density at radius 3 is 2.30 bits per heavy atom. The van der Waals surface area contributed by atoms with E-state index in [1.165, 1.54) is 22.3 Å². The van der Waals surface area contributed by atoms with Gasteiger partial charge in [-0.1, -0.05) is 67.1 Å². The number of ether oxygens (including phenoxy) is 2. The lowest BCUT2D eigenvalue weighted by Crippen LogP contribution is -2.00. The lowest BCUT2D eigenvalue weighted by Gasteiger charge is -2.17. The van der Waals surface area contributed by atoms with E-state index in [9.17, 15) is 0 Å². The lowest BCUT2D eigenvalue weighted by molar-refractivity contribution is 0.185. The van der Waals surface area contributed by atoms with E-state index in [-0.39, 0.29) is 0 Å². The number of methoxy groups -OCH3 is 1. The SMILES string of the molecule is CCCOc1ccc(C2C=CC(CCc3ccc(COC)cc3)=CC2)cc1. The highest BCUT2D eigenvalue weighted by Gasteiger charge is 2.11. The molecule has 0 radical (unpaired) electrons. The molecule has 2 aromatic rings. The highest BCUT2D eigenvalue weighted by atomic mass is 16.5. The molecule has 0 aromatic heterocycles. The van der Waals surface area contributed by atoms with Crippen molar-refractivity contribution in [2.75, 3.05) is 13.7 Å². The molecule has 1 unspecified atom stereocenters. The number of benzene rings is 2. The molecule has 3 rings (SSSR count). The van der Waals surface area contributed by atoms with Gasteiger partial charge in [0.1, 0.15) is 5.75 Å². The van der Waals surface area contributed by atoms with Crippen LogP contribution in [0.4, 0.5) is 0 Å². The van der Waals surface area contributed by atoms with E-state index in [1.54, 1.807) is 7.11 Å². The molecule has 1 aliphatic rings. The molecule has 1 aliphatic carbocycles. The van der Waals surface area contributed by atoms with Crippen LogP contribution in [0.3, 0.4) is 0 Å². The maximum Gasteiger partial charge on any atom is 0.119 e. The van der Waals surface area contributed by atoms with E-state index in [4.69, 9.17) is 9.47 Å². The molecule has 0 aliphatic heterocycles. The highest BCUT2D eigenvalue weighted by molar-refractivity contribution is 5.36. The number of hydrogen-bond acceptors (Lipinski definition) is 2.